The van der Waals surface area contributed by atoms with Gasteiger partial charge in [0.25, 0.3) is 0 Å². The van der Waals surface area contributed by atoms with Crippen LogP contribution in [0.5, 0.6) is 5.75 Å². The van der Waals surface area contributed by atoms with Gasteiger partial charge in [0.2, 0.25) is 10.0 Å². The third-order valence-electron chi connectivity index (χ3n) is 2.83. The van der Waals surface area contributed by atoms with Gasteiger partial charge in [-0.15, -0.1) is 0 Å². The second-order valence-corrected chi connectivity index (χ2v) is 6.43. The van der Waals surface area contributed by atoms with Gasteiger partial charge in [-0.1, -0.05) is 11.6 Å². The van der Waals surface area contributed by atoms with Gasteiger partial charge < -0.3 is 4.74 Å². The van der Waals surface area contributed by atoms with Gasteiger partial charge in [0, 0.05) is 17.6 Å². The molecule has 2 rings (SSSR count). The highest BCUT2D eigenvalue weighted by molar-refractivity contribution is 7.93. The van der Waals surface area contributed by atoms with E-state index in [0.29, 0.717) is 29.4 Å². The number of sulfonamides is 1. The monoisotopic (exact) mass is 275 g/mol. The summed E-state index contributed by atoms with van der Waals surface area (Å²) in [6.45, 7) is 2.34. The molecule has 1 fully saturated rings. The fourth-order valence-electron chi connectivity index (χ4n) is 1.92. The van der Waals surface area contributed by atoms with Crippen molar-refractivity contribution in [2.24, 2.45) is 0 Å². The summed E-state index contributed by atoms with van der Waals surface area (Å²) >= 11 is 5.99. The number of aryl methyl sites for hydroxylation is 1. The van der Waals surface area contributed by atoms with Gasteiger partial charge in [0.05, 0.1) is 18.6 Å². The van der Waals surface area contributed by atoms with Crippen molar-refractivity contribution in [1.29, 1.82) is 0 Å². The highest BCUT2D eigenvalue weighted by atomic mass is 35.5. The van der Waals surface area contributed by atoms with Crippen LogP contribution in [-0.4, -0.2) is 27.8 Å². The van der Waals surface area contributed by atoms with E-state index < -0.39 is 10.0 Å². The van der Waals surface area contributed by atoms with E-state index in [-0.39, 0.29) is 5.75 Å². The normalized spacial score (nSPS) is 18.4. The third kappa shape index (κ3) is 2.21. The van der Waals surface area contributed by atoms with E-state index in [1.165, 1.54) is 11.4 Å². The molecule has 1 aromatic carbocycles. The summed E-state index contributed by atoms with van der Waals surface area (Å²) in [5.74, 6) is 0.684. The van der Waals surface area contributed by atoms with Crippen LogP contribution in [0.1, 0.15) is 12.0 Å². The van der Waals surface area contributed by atoms with Crippen LogP contribution in [0.2, 0.25) is 5.02 Å². The molecule has 17 heavy (non-hydrogen) atoms. The van der Waals surface area contributed by atoms with E-state index in [4.69, 9.17) is 16.3 Å². The molecule has 0 atom stereocenters. The van der Waals surface area contributed by atoms with E-state index in [0.717, 1.165) is 5.56 Å². The average Bonchev–Trinajstić information content (AvgIpc) is 2.61. The topological polar surface area (TPSA) is 46.6 Å². The second-order valence-electron chi connectivity index (χ2n) is 4.01. The molecule has 0 spiro atoms. The Morgan fingerprint density at radius 3 is 2.65 bits per heavy atom. The predicted molar refractivity (Wildman–Crippen MR) is 68.5 cm³/mol. The summed E-state index contributed by atoms with van der Waals surface area (Å²) in [6.07, 6.45) is 0.646. The average molecular weight is 276 g/mol. The van der Waals surface area contributed by atoms with Crippen molar-refractivity contribution >= 4 is 27.3 Å². The Labute approximate surface area is 106 Å². The number of anilines is 1. The van der Waals surface area contributed by atoms with E-state index in [1.807, 2.05) is 6.92 Å². The number of hydrogen-bond acceptors (Lipinski definition) is 3. The van der Waals surface area contributed by atoms with Gasteiger partial charge in [0.1, 0.15) is 5.75 Å². The van der Waals surface area contributed by atoms with Gasteiger partial charge in [-0.05, 0) is 25.0 Å². The van der Waals surface area contributed by atoms with E-state index in [1.54, 1.807) is 12.1 Å². The molecule has 1 aliphatic heterocycles. The number of nitrogens with zero attached hydrogens (tertiary/aromatic N) is 1. The maximum Gasteiger partial charge on any atom is 0.235 e. The quantitative estimate of drug-likeness (QED) is 0.831. The zero-order valence-corrected chi connectivity index (χ0v) is 11.3. The van der Waals surface area contributed by atoms with Crippen molar-refractivity contribution in [2.75, 3.05) is 23.7 Å². The van der Waals surface area contributed by atoms with Crippen LogP contribution in [0, 0.1) is 6.92 Å². The van der Waals surface area contributed by atoms with E-state index in [2.05, 4.69) is 0 Å². The lowest BCUT2D eigenvalue weighted by Crippen LogP contribution is -2.25. The maximum absolute atomic E-state index is 11.9. The zero-order chi connectivity index (χ0) is 12.6. The minimum atomic E-state index is -3.19. The summed E-state index contributed by atoms with van der Waals surface area (Å²) in [5.41, 5.74) is 1.41. The van der Waals surface area contributed by atoms with Crippen molar-refractivity contribution in [3.05, 3.63) is 22.7 Å². The Kier molecular flexibility index (Phi) is 3.23. The molecular weight excluding hydrogens is 262 g/mol. The highest BCUT2D eigenvalue weighted by Gasteiger charge is 2.30. The second kappa shape index (κ2) is 4.38. The van der Waals surface area contributed by atoms with E-state index in [9.17, 15) is 8.42 Å². The van der Waals surface area contributed by atoms with Crippen molar-refractivity contribution in [3.63, 3.8) is 0 Å². The lowest BCUT2D eigenvalue weighted by molar-refractivity contribution is 0.415. The molecule has 0 amide bonds. The van der Waals surface area contributed by atoms with Gasteiger partial charge in [-0.25, -0.2) is 8.42 Å². The standard InChI is InChI=1S/C11H14ClNO3S/c1-8-6-10(11(16-2)7-9(8)12)13-4-3-5-17(13,14)15/h6-7H,3-5H2,1-2H3. The van der Waals surface area contributed by atoms with Gasteiger partial charge >= 0.3 is 0 Å². The van der Waals surface area contributed by atoms with Crippen LogP contribution < -0.4 is 9.04 Å². The smallest absolute Gasteiger partial charge is 0.235 e. The fourth-order valence-corrected chi connectivity index (χ4v) is 3.63. The molecule has 1 aliphatic rings. The van der Waals surface area contributed by atoms with Crippen LogP contribution in [0.4, 0.5) is 5.69 Å². The Bertz CT molecular complexity index is 542. The van der Waals surface area contributed by atoms with Crippen molar-refractivity contribution in [1.82, 2.24) is 0 Å². The Morgan fingerprint density at radius 2 is 2.12 bits per heavy atom. The summed E-state index contributed by atoms with van der Waals surface area (Å²) in [7, 11) is -1.68. The number of hydrogen-bond donors (Lipinski definition) is 0. The third-order valence-corrected chi connectivity index (χ3v) is 5.09. The summed E-state index contributed by atoms with van der Waals surface area (Å²) < 4.78 is 30.3. The minimum absolute atomic E-state index is 0.192. The van der Waals surface area contributed by atoms with Crippen molar-refractivity contribution in [3.8, 4) is 5.75 Å². The molecule has 0 saturated carbocycles. The predicted octanol–water partition coefficient (Wildman–Crippen LogP) is 2.20. The summed E-state index contributed by atoms with van der Waals surface area (Å²) in [6, 6.07) is 3.41. The number of halogens is 1. The Morgan fingerprint density at radius 1 is 1.41 bits per heavy atom. The molecule has 6 heteroatoms. The summed E-state index contributed by atoms with van der Waals surface area (Å²) in [4.78, 5) is 0. The molecule has 4 nitrogen and oxygen atoms in total. The first kappa shape index (κ1) is 12.5. The molecule has 0 aliphatic carbocycles. The molecule has 94 valence electrons. The van der Waals surface area contributed by atoms with Crippen LogP contribution in [0.3, 0.4) is 0 Å². The van der Waals surface area contributed by atoms with Gasteiger partial charge in [-0.3, -0.25) is 4.31 Å². The maximum atomic E-state index is 11.9. The van der Waals surface area contributed by atoms with Gasteiger partial charge in [0.15, 0.2) is 0 Å². The number of rotatable bonds is 2. The molecule has 1 aromatic rings. The van der Waals surface area contributed by atoms with Gasteiger partial charge in [-0.2, -0.15) is 0 Å². The minimum Gasteiger partial charge on any atom is -0.494 e. The largest absolute Gasteiger partial charge is 0.494 e. The zero-order valence-electron chi connectivity index (χ0n) is 9.73. The van der Waals surface area contributed by atoms with Crippen LogP contribution >= 0.6 is 11.6 Å². The molecule has 1 saturated heterocycles. The SMILES string of the molecule is COc1cc(Cl)c(C)cc1N1CCCS1(=O)=O. The molecule has 1 heterocycles. The molecule has 0 N–H and O–H groups in total. The van der Waals surface area contributed by atoms with E-state index >= 15 is 0 Å². The molecule has 0 radical (unpaired) electrons. The number of benzene rings is 1. The molecule has 0 bridgehead atoms. The molecule has 0 aromatic heterocycles. The molecule has 0 unspecified atom stereocenters. The van der Waals surface area contributed by atoms with Crippen LogP contribution in [0.25, 0.3) is 0 Å². The van der Waals surface area contributed by atoms with Crippen molar-refractivity contribution < 1.29 is 13.2 Å². The lowest BCUT2D eigenvalue weighted by Gasteiger charge is -2.20. The summed E-state index contributed by atoms with van der Waals surface area (Å²) in [5, 5.41) is 0.571. The first-order valence-corrected chi connectivity index (χ1v) is 7.29. The highest BCUT2D eigenvalue weighted by Crippen LogP contribution is 2.36. The van der Waals surface area contributed by atoms with Crippen LogP contribution in [0.15, 0.2) is 12.1 Å². The molecular formula is C11H14ClNO3S. The Balaban J connectivity index is 2.55. The van der Waals surface area contributed by atoms with Crippen molar-refractivity contribution in [2.45, 2.75) is 13.3 Å². The first-order valence-electron chi connectivity index (χ1n) is 5.30. The number of ether oxygens (including phenoxy) is 1. The number of methoxy groups -OCH3 is 1. The first-order chi connectivity index (χ1) is 7.95. The fraction of sp³-hybridized carbons (Fsp3) is 0.455. The lowest BCUT2D eigenvalue weighted by atomic mass is 10.2. The van der Waals surface area contributed by atoms with Crippen LogP contribution in [-0.2, 0) is 10.0 Å². The Hall–Kier alpha value is -0.940.